The highest BCUT2D eigenvalue weighted by molar-refractivity contribution is 9.10. The third-order valence-corrected chi connectivity index (χ3v) is 4.76. The van der Waals surface area contributed by atoms with Crippen LogP contribution in [-0.2, 0) is 6.54 Å². The van der Waals surface area contributed by atoms with Gasteiger partial charge in [0, 0.05) is 35.7 Å². The van der Waals surface area contributed by atoms with Crippen molar-refractivity contribution < 1.29 is 0 Å². The van der Waals surface area contributed by atoms with E-state index in [-0.39, 0.29) is 0 Å². The Labute approximate surface area is 125 Å². The zero-order valence-corrected chi connectivity index (χ0v) is 13.8. The van der Waals surface area contributed by atoms with Crippen molar-refractivity contribution >= 4 is 15.9 Å². The first-order chi connectivity index (χ1) is 8.97. The van der Waals surface area contributed by atoms with Crippen LogP contribution in [0.4, 0.5) is 0 Å². The summed E-state index contributed by atoms with van der Waals surface area (Å²) >= 11 is 3.61. The second-order valence-corrected chi connectivity index (χ2v) is 7.26. The molecule has 1 aliphatic rings. The Morgan fingerprint density at radius 3 is 2.42 bits per heavy atom. The quantitative estimate of drug-likeness (QED) is 0.909. The highest BCUT2D eigenvalue weighted by atomic mass is 79.9. The van der Waals surface area contributed by atoms with Crippen LogP contribution < -0.4 is 5.32 Å². The summed E-state index contributed by atoms with van der Waals surface area (Å²) in [5.74, 6) is 0. The van der Waals surface area contributed by atoms with E-state index in [9.17, 15) is 0 Å². The topological polar surface area (TPSA) is 15.3 Å². The zero-order valence-electron chi connectivity index (χ0n) is 12.2. The van der Waals surface area contributed by atoms with Crippen LogP contribution in [0.25, 0.3) is 0 Å². The van der Waals surface area contributed by atoms with Gasteiger partial charge in [-0.25, -0.2) is 0 Å². The van der Waals surface area contributed by atoms with Crippen LogP contribution in [0.15, 0.2) is 28.7 Å². The van der Waals surface area contributed by atoms with Gasteiger partial charge in [0.05, 0.1) is 0 Å². The molecule has 1 aromatic rings. The maximum atomic E-state index is 3.69. The molecule has 0 atom stereocenters. The van der Waals surface area contributed by atoms with Crippen molar-refractivity contribution in [1.82, 2.24) is 10.2 Å². The zero-order chi connectivity index (χ0) is 13.9. The molecule has 0 amide bonds. The van der Waals surface area contributed by atoms with Crippen molar-refractivity contribution in [1.29, 1.82) is 0 Å². The summed E-state index contributed by atoms with van der Waals surface area (Å²) in [5, 5.41) is 3.69. The minimum absolute atomic E-state index is 0.313. The van der Waals surface area contributed by atoms with Gasteiger partial charge >= 0.3 is 0 Å². The van der Waals surface area contributed by atoms with Crippen LogP contribution in [0.3, 0.4) is 0 Å². The van der Waals surface area contributed by atoms with E-state index >= 15 is 0 Å². The molecule has 1 fully saturated rings. The van der Waals surface area contributed by atoms with E-state index in [4.69, 9.17) is 0 Å². The summed E-state index contributed by atoms with van der Waals surface area (Å²) < 4.78 is 1.20. The third-order valence-electron chi connectivity index (χ3n) is 3.98. The molecule has 0 aromatic heterocycles. The lowest BCUT2D eigenvalue weighted by atomic mass is 9.98. The molecule has 0 unspecified atom stereocenters. The van der Waals surface area contributed by atoms with Crippen molar-refractivity contribution in [3.63, 3.8) is 0 Å². The van der Waals surface area contributed by atoms with E-state index in [1.165, 1.54) is 36.0 Å². The van der Waals surface area contributed by atoms with Gasteiger partial charge in [-0.2, -0.15) is 0 Å². The Bertz CT molecular complexity index is 403. The number of benzene rings is 1. The second-order valence-electron chi connectivity index (χ2n) is 6.40. The van der Waals surface area contributed by atoms with Crippen molar-refractivity contribution in [2.45, 2.75) is 51.7 Å². The van der Waals surface area contributed by atoms with Crippen molar-refractivity contribution in [2.75, 3.05) is 13.1 Å². The van der Waals surface area contributed by atoms with Gasteiger partial charge in [0.25, 0.3) is 0 Å². The monoisotopic (exact) mass is 324 g/mol. The van der Waals surface area contributed by atoms with Gasteiger partial charge in [0.2, 0.25) is 0 Å². The van der Waals surface area contributed by atoms with Crippen LogP contribution in [0.5, 0.6) is 0 Å². The number of nitrogens with one attached hydrogen (secondary N) is 1. The first kappa shape index (κ1) is 15.0. The Hall–Kier alpha value is -0.380. The molecule has 19 heavy (non-hydrogen) atoms. The molecule has 0 aliphatic carbocycles. The lowest BCUT2D eigenvalue weighted by molar-refractivity contribution is 0.0960. The van der Waals surface area contributed by atoms with E-state index in [0.717, 1.165) is 6.54 Å². The lowest BCUT2D eigenvalue weighted by Gasteiger charge is -2.41. The van der Waals surface area contributed by atoms with Crippen LogP contribution in [0.1, 0.15) is 39.2 Å². The third kappa shape index (κ3) is 4.30. The van der Waals surface area contributed by atoms with E-state index in [1.807, 2.05) is 0 Å². The predicted octanol–water partition coefficient (Wildman–Crippen LogP) is 3.80. The van der Waals surface area contributed by atoms with Crippen molar-refractivity contribution in [3.8, 4) is 0 Å². The smallest absolute Gasteiger partial charge is 0.0220 e. The maximum Gasteiger partial charge on any atom is 0.0220 e. The summed E-state index contributed by atoms with van der Waals surface area (Å²) in [6.07, 6.45) is 2.50. The highest BCUT2D eigenvalue weighted by Crippen LogP contribution is 2.21. The van der Waals surface area contributed by atoms with Crippen molar-refractivity contribution in [3.05, 3.63) is 34.3 Å². The molecule has 0 saturated carbocycles. The number of hydrogen-bond acceptors (Lipinski definition) is 2. The van der Waals surface area contributed by atoms with Crippen LogP contribution in [0, 0.1) is 0 Å². The number of likely N-dealkylation sites (tertiary alicyclic amines) is 1. The molecule has 0 spiro atoms. The number of piperidine rings is 1. The average Bonchev–Trinajstić information content (AvgIpc) is 2.37. The molecule has 3 heteroatoms. The molecule has 0 bridgehead atoms. The van der Waals surface area contributed by atoms with Gasteiger partial charge in [-0.1, -0.05) is 34.1 Å². The summed E-state index contributed by atoms with van der Waals surface area (Å²) in [7, 11) is 0. The highest BCUT2D eigenvalue weighted by Gasteiger charge is 2.26. The van der Waals surface area contributed by atoms with E-state index in [2.05, 4.69) is 71.2 Å². The fourth-order valence-electron chi connectivity index (χ4n) is 2.65. The summed E-state index contributed by atoms with van der Waals surface area (Å²) in [4.78, 5) is 2.59. The number of halogens is 1. The largest absolute Gasteiger partial charge is 0.310 e. The molecule has 1 heterocycles. The molecule has 1 aromatic carbocycles. The summed E-state index contributed by atoms with van der Waals surface area (Å²) in [5.41, 5.74) is 1.66. The van der Waals surface area contributed by atoms with Gasteiger partial charge < -0.3 is 5.32 Å². The van der Waals surface area contributed by atoms with Crippen molar-refractivity contribution in [2.24, 2.45) is 0 Å². The molecule has 2 nitrogen and oxygen atoms in total. The Morgan fingerprint density at radius 2 is 1.84 bits per heavy atom. The predicted molar refractivity (Wildman–Crippen MR) is 85.3 cm³/mol. The fourth-order valence-corrected chi connectivity index (χ4v) is 3.08. The van der Waals surface area contributed by atoms with Gasteiger partial charge in [-0.15, -0.1) is 0 Å². The standard InChI is InChI=1S/C16H25BrN2/c1-16(2,3)19-10-8-14(9-11-19)18-12-13-6-4-5-7-15(13)17/h4-7,14,18H,8-12H2,1-3H3. The molecule has 0 radical (unpaired) electrons. The van der Waals surface area contributed by atoms with Crippen LogP contribution >= 0.6 is 15.9 Å². The van der Waals surface area contributed by atoms with Gasteiger partial charge in [-0.3, -0.25) is 4.90 Å². The molecule has 2 rings (SSSR count). The number of nitrogens with zero attached hydrogens (tertiary/aromatic N) is 1. The lowest BCUT2D eigenvalue weighted by Crippen LogP contribution is -2.49. The minimum atomic E-state index is 0.313. The van der Waals surface area contributed by atoms with Gasteiger partial charge in [0.1, 0.15) is 0 Å². The molecule has 1 aliphatic heterocycles. The number of rotatable bonds is 3. The van der Waals surface area contributed by atoms with E-state index < -0.39 is 0 Å². The Balaban J connectivity index is 1.79. The molecular weight excluding hydrogens is 300 g/mol. The second kappa shape index (κ2) is 6.38. The van der Waals surface area contributed by atoms with E-state index in [0.29, 0.717) is 11.6 Å². The van der Waals surface area contributed by atoms with Crippen LogP contribution in [0.2, 0.25) is 0 Å². The molecule has 1 saturated heterocycles. The first-order valence-electron chi connectivity index (χ1n) is 7.18. The van der Waals surface area contributed by atoms with E-state index in [1.54, 1.807) is 0 Å². The Morgan fingerprint density at radius 1 is 1.21 bits per heavy atom. The van der Waals surface area contributed by atoms with Crippen LogP contribution in [-0.4, -0.2) is 29.6 Å². The Kier molecular flexibility index (Phi) is 5.04. The van der Waals surface area contributed by atoms with Gasteiger partial charge in [0.15, 0.2) is 0 Å². The van der Waals surface area contributed by atoms with Gasteiger partial charge in [-0.05, 0) is 45.2 Å². The first-order valence-corrected chi connectivity index (χ1v) is 7.98. The normalized spacial score (nSPS) is 18.7. The molecule has 1 N–H and O–H groups in total. The minimum Gasteiger partial charge on any atom is -0.310 e. The number of hydrogen-bond donors (Lipinski definition) is 1. The average molecular weight is 325 g/mol. The maximum absolute atomic E-state index is 3.69. The molecule has 106 valence electrons. The fraction of sp³-hybridized carbons (Fsp3) is 0.625. The summed E-state index contributed by atoms with van der Waals surface area (Å²) in [6, 6.07) is 9.12. The summed E-state index contributed by atoms with van der Waals surface area (Å²) in [6.45, 7) is 10.3. The molecular formula is C16H25BrN2. The SMILES string of the molecule is CC(C)(C)N1CCC(NCc2ccccc2Br)CC1.